The standard InChI is InChI=1S/C32H26N4O/c37-30(35-34-22-25-21-33-28-17-9-7-15-26(25)28)19-20-36-29-18-10-8-16-27(29)31(23-11-3-1-4-12-23)32(36)24-13-5-2-6-14-24/h1-18,21-22,33H,19-20H2,(H,35,37)/b34-22-. The summed E-state index contributed by atoms with van der Waals surface area (Å²) < 4.78 is 2.26. The van der Waals surface area contributed by atoms with E-state index in [4.69, 9.17) is 0 Å². The lowest BCUT2D eigenvalue weighted by Gasteiger charge is -2.13. The second-order valence-corrected chi connectivity index (χ2v) is 8.96. The molecule has 0 fully saturated rings. The first-order valence-corrected chi connectivity index (χ1v) is 12.4. The van der Waals surface area contributed by atoms with E-state index in [-0.39, 0.29) is 5.91 Å². The number of aromatic amines is 1. The number of nitrogens with one attached hydrogen (secondary N) is 2. The van der Waals surface area contributed by atoms with Gasteiger partial charge in [-0.25, -0.2) is 5.43 Å². The molecular formula is C32H26N4O. The van der Waals surface area contributed by atoms with Gasteiger partial charge in [-0.05, 0) is 23.3 Å². The van der Waals surface area contributed by atoms with Crippen LogP contribution < -0.4 is 5.43 Å². The Morgan fingerprint density at radius 3 is 2.22 bits per heavy atom. The monoisotopic (exact) mass is 482 g/mol. The highest BCUT2D eigenvalue weighted by molar-refractivity contribution is 6.04. The van der Waals surface area contributed by atoms with Gasteiger partial charge in [0.2, 0.25) is 5.91 Å². The maximum atomic E-state index is 12.8. The molecule has 180 valence electrons. The summed E-state index contributed by atoms with van der Waals surface area (Å²) in [6.07, 6.45) is 3.88. The molecule has 0 saturated carbocycles. The van der Waals surface area contributed by atoms with Gasteiger partial charge in [-0.3, -0.25) is 4.79 Å². The number of hydrogen-bond donors (Lipinski definition) is 2. The number of para-hydroxylation sites is 2. The van der Waals surface area contributed by atoms with Crippen molar-refractivity contribution in [2.45, 2.75) is 13.0 Å². The van der Waals surface area contributed by atoms with Crippen molar-refractivity contribution < 1.29 is 4.79 Å². The van der Waals surface area contributed by atoms with E-state index in [2.05, 4.69) is 86.8 Å². The van der Waals surface area contributed by atoms with Gasteiger partial charge in [-0.1, -0.05) is 97.1 Å². The maximum absolute atomic E-state index is 12.8. The zero-order chi connectivity index (χ0) is 25.0. The molecule has 0 aliphatic carbocycles. The molecular weight excluding hydrogens is 456 g/mol. The van der Waals surface area contributed by atoms with Gasteiger partial charge in [0.1, 0.15) is 0 Å². The zero-order valence-corrected chi connectivity index (χ0v) is 20.3. The molecule has 0 atom stereocenters. The predicted octanol–water partition coefficient (Wildman–Crippen LogP) is 7.00. The van der Waals surface area contributed by atoms with Gasteiger partial charge in [0, 0.05) is 52.1 Å². The van der Waals surface area contributed by atoms with E-state index in [0.29, 0.717) is 13.0 Å². The van der Waals surface area contributed by atoms with E-state index in [1.807, 2.05) is 48.7 Å². The highest BCUT2D eigenvalue weighted by Gasteiger charge is 2.20. The van der Waals surface area contributed by atoms with Crippen LogP contribution in [-0.4, -0.2) is 21.7 Å². The molecule has 4 aromatic carbocycles. The van der Waals surface area contributed by atoms with Crippen molar-refractivity contribution in [2.75, 3.05) is 0 Å². The summed E-state index contributed by atoms with van der Waals surface area (Å²) in [5.41, 5.74) is 10.4. The molecule has 2 N–H and O–H groups in total. The Bertz CT molecular complexity index is 1710. The fourth-order valence-corrected chi connectivity index (χ4v) is 4.97. The molecule has 5 heteroatoms. The number of benzene rings is 4. The highest BCUT2D eigenvalue weighted by atomic mass is 16.2. The van der Waals surface area contributed by atoms with Crippen LogP contribution in [0, 0.1) is 0 Å². The first kappa shape index (κ1) is 22.6. The van der Waals surface area contributed by atoms with Gasteiger partial charge in [-0.15, -0.1) is 0 Å². The van der Waals surface area contributed by atoms with Gasteiger partial charge in [0.05, 0.1) is 11.9 Å². The molecule has 6 rings (SSSR count). The van der Waals surface area contributed by atoms with Crippen LogP contribution in [-0.2, 0) is 11.3 Å². The van der Waals surface area contributed by atoms with Crippen molar-refractivity contribution in [2.24, 2.45) is 5.10 Å². The predicted molar refractivity (Wildman–Crippen MR) is 151 cm³/mol. The molecule has 5 nitrogen and oxygen atoms in total. The second kappa shape index (κ2) is 9.99. The van der Waals surface area contributed by atoms with E-state index in [0.717, 1.165) is 38.8 Å². The summed E-state index contributed by atoms with van der Waals surface area (Å²) in [6.45, 7) is 0.534. The number of aryl methyl sites for hydroxylation is 1. The third-order valence-corrected chi connectivity index (χ3v) is 6.66. The van der Waals surface area contributed by atoms with Crippen LogP contribution in [0.15, 0.2) is 120 Å². The largest absolute Gasteiger partial charge is 0.361 e. The van der Waals surface area contributed by atoms with Crippen LogP contribution in [0.1, 0.15) is 12.0 Å². The molecule has 2 aromatic heterocycles. The van der Waals surface area contributed by atoms with Crippen molar-refractivity contribution in [1.29, 1.82) is 0 Å². The first-order valence-electron chi connectivity index (χ1n) is 12.4. The average Bonchev–Trinajstić information content (AvgIpc) is 3.52. The number of carbonyl (C=O) groups is 1. The number of hydrazone groups is 1. The molecule has 6 aromatic rings. The van der Waals surface area contributed by atoms with E-state index in [1.54, 1.807) is 6.21 Å². The third-order valence-electron chi connectivity index (χ3n) is 6.66. The number of aromatic nitrogens is 2. The Labute approximate surface area is 215 Å². The Morgan fingerprint density at radius 1 is 0.784 bits per heavy atom. The van der Waals surface area contributed by atoms with Crippen molar-refractivity contribution in [3.05, 3.63) is 121 Å². The minimum Gasteiger partial charge on any atom is -0.361 e. The molecule has 0 unspecified atom stereocenters. The molecule has 0 bridgehead atoms. The number of fused-ring (bicyclic) bond motifs is 2. The summed E-state index contributed by atoms with van der Waals surface area (Å²) in [7, 11) is 0. The third kappa shape index (κ3) is 4.43. The number of amides is 1. The van der Waals surface area contributed by atoms with Crippen molar-refractivity contribution >= 4 is 33.9 Å². The van der Waals surface area contributed by atoms with Crippen LogP contribution in [0.3, 0.4) is 0 Å². The summed E-state index contributed by atoms with van der Waals surface area (Å²) >= 11 is 0. The minimum atomic E-state index is -0.130. The highest BCUT2D eigenvalue weighted by Crippen LogP contribution is 2.40. The van der Waals surface area contributed by atoms with Gasteiger partial charge in [0.25, 0.3) is 0 Å². The number of rotatable bonds is 7. The lowest BCUT2D eigenvalue weighted by molar-refractivity contribution is -0.121. The van der Waals surface area contributed by atoms with E-state index in [9.17, 15) is 4.79 Å². The molecule has 1 amide bonds. The maximum Gasteiger partial charge on any atom is 0.241 e. The SMILES string of the molecule is O=C(CCn1c(-c2ccccc2)c(-c2ccccc2)c2ccccc21)N/N=C\c1c[nH]c2ccccc12. The van der Waals surface area contributed by atoms with Gasteiger partial charge < -0.3 is 9.55 Å². The Morgan fingerprint density at radius 2 is 1.43 bits per heavy atom. The summed E-state index contributed by atoms with van der Waals surface area (Å²) in [5, 5.41) is 6.46. The number of nitrogens with zero attached hydrogens (tertiary/aromatic N) is 2. The van der Waals surface area contributed by atoms with E-state index < -0.39 is 0 Å². The fourth-order valence-electron chi connectivity index (χ4n) is 4.97. The van der Waals surface area contributed by atoms with Crippen LogP contribution in [0.2, 0.25) is 0 Å². The Hall–Kier alpha value is -4.90. The topological polar surface area (TPSA) is 62.2 Å². The molecule has 0 aliphatic rings. The number of carbonyl (C=O) groups excluding carboxylic acids is 1. The fraction of sp³-hybridized carbons (Fsp3) is 0.0625. The molecule has 0 saturated heterocycles. The Kier molecular flexibility index (Phi) is 6.09. The van der Waals surface area contributed by atoms with E-state index >= 15 is 0 Å². The van der Waals surface area contributed by atoms with Crippen LogP contribution in [0.4, 0.5) is 0 Å². The molecule has 0 radical (unpaired) electrons. The summed E-state index contributed by atoms with van der Waals surface area (Å²) in [5.74, 6) is -0.130. The van der Waals surface area contributed by atoms with Crippen molar-refractivity contribution in [1.82, 2.24) is 15.0 Å². The van der Waals surface area contributed by atoms with Gasteiger partial charge >= 0.3 is 0 Å². The molecule has 37 heavy (non-hydrogen) atoms. The average molecular weight is 483 g/mol. The summed E-state index contributed by atoms with van der Waals surface area (Å²) in [6, 6.07) is 37.3. The zero-order valence-electron chi connectivity index (χ0n) is 20.3. The summed E-state index contributed by atoms with van der Waals surface area (Å²) in [4.78, 5) is 16.0. The number of hydrogen-bond acceptors (Lipinski definition) is 2. The quantitative estimate of drug-likeness (QED) is 0.187. The number of H-pyrrole nitrogens is 1. The first-order chi connectivity index (χ1) is 18.3. The van der Waals surface area contributed by atoms with Gasteiger partial charge in [-0.2, -0.15) is 5.10 Å². The van der Waals surface area contributed by atoms with Crippen molar-refractivity contribution in [3.63, 3.8) is 0 Å². The van der Waals surface area contributed by atoms with Crippen LogP contribution >= 0.6 is 0 Å². The smallest absolute Gasteiger partial charge is 0.241 e. The minimum absolute atomic E-state index is 0.130. The van der Waals surface area contributed by atoms with Gasteiger partial charge in [0.15, 0.2) is 0 Å². The lowest BCUT2D eigenvalue weighted by Crippen LogP contribution is -2.19. The van der Waals surface area contributed by atoms with Crippen LogP contribution in [0.5, 0.6) is 0 Å². The van der Waals surface area contributed by atoms with E-state index in [1.165, 1.54) is 10.9 Å². The molecule has 0 spiro atoms. The van der Waals surface area contributed by atoms with Crippen LogP contribution in [0.25, 0.3) is 44.2 Å². The lowest BCUT2D eigenvalue weighted by atomic mass is 9.98. The molecule has 0 aliphatic heterocycles. The van der Waals surface area contributed by atoms with Crippen molar-refractivity contribution in [3.8, 4) is 22.4 Å². The normalized spacial score (nSPS) is 11.5. The second-order valence-electron chi connectivity index (χ2n) is 8.96. The molecule has 2 heterocycles. The Balaban J connectivity index is 1.30.